The van der Waals surface area contributed by atoms with Gasteiger partial charge in [0.05, 0.1) is 16.3 Å². The minimum atomic E-state index is -1.06. The van der Waals surface area contributed by atoms with Gasteiger partial charge in [-0.1, -0.05) is 30.3 Å². The van der Waals surface area contributed by atoms with Crippen LogP contribution < -0.4 is 16.4 Å². The predicted octanol–water partition coefficient (Wildman–Crippen LogP) is 2.97. The molecule has 4 N–H and O–H groups in total. The average Bonchev–Trinajstić information content (AvgIpc) is 2.69. The van der Waals surface area contributed by atoms with E-state index in [0.717, 1.165) is 18.2 Å². The van der Waals surface area contributed by atoms with Crippen molar-refractivity contribution in [2.45, 2.75) is 0 Å². The Kier molecular flexibility index (Phi) is 5.05. The van der Waals surface area contributed by atoms with Crippen LogP contribution in [0.25, 0.3) is 11.3 Å². The summed E-state index contributed by atoms with van der Waals surface area (Å²) >= 11 is 0. The van der Waals surface area contributed by atoms with Crippen molar-refractivity contribution in [3.05, 3.63) is 80.7 Å². The summed E-state index contributed by atoms with van der Waals surface area (Å²) < 4.78 is 5.15. The zero-order chi connectivity index (χ0) is 20.3. The minimum Gasteiger partial charge on any atom is -0.506 e. The van der Waals surface area contributed by atoms with Gasteiger partial charge in [-0.05, 0) is 6.07 Å². The van der Waals surface area contributed by atoms with E-state index in [-0.39, 0.29) is 22.8 Å². The Morgan fingerprint density at radius 2 is 1.79 bits per heavy atom. The number of nitro groups is 1. The highest BCUT2D eigenvalue weighted by atomic mass is 16.6. The van der Waals surface area contributed by atoms with Crippen LogP contribution >= 0.6 is 0 Å². The number of hydrogen-bond donors (Lipinski definition) is 4. The highest BCUT2D eigenvalue weighted by Crippen LogP contribution is 2.29. The van der Waals surface area contributed by atoms with E-state index in [2.05, 4.69) is 5.32 Å². The average molecular weight is 383 g/mol. The summed E-state index contributed by atoms with van der Waals surface area (Å²) in [5.41, 5.74) is -0.220. The zero-order valence-corrected chi connectivity index (χ0v) is 14.1. The van der Waals surface area contributed by atoms with Gasteiger partial charge in [0.25, 0.3) is 11.6 Å². The lowest BCUT2D eigenvalue weighted by molar-refractivity contribution is -0.384. The van der Waals surface area contributed by atoms with Gasteiger partial charge in [-0.3, -0.25) is 25.6 Å². The molecule has 0 saturated heterocycles. The lowest BCUT2D eigenvalue weighted by atomic mass is 10.1. The molecule has 0 atom stereocenters. The van der Waals surface area contributed by atoms with Crippen LogP contribution in [0.15, 0.2) is 63.8 Å². The first-order valence-electron chi connectivity index (χ1n) is 7.83. The lowest BCUT2D eigenvalue weighted by Gasteiger charge is -2.10. The van der Waals surface area contributed by atoms with Crippen molar-refractivity contribution in [3.8, 4) is 17.1 Å². The van der Waals surface area contributed by atoms with E-state index < -0.39 is 27.8 Å². The van der Waals surface area contributed by atoms with Crippen molar-refractivity contribution < 1.29 is 24.4 Å². The Hall–Kier alpha value is -4.18. The maximum Gasteiger partial charge on any atom is 0.351 e. The molecule has 0 radical (unpaired) electrons. The highest BCUT2D eigenvalue weighted by Gasteiger charge is 2.22. The predicted molar refractivity (Wildman–Crippen MR) is 98.5 cm³/mol. The molecule has 0 bridgehead atoms. The summed E-state index contributed by atoms with van der Waals surface area (Å²) in [4.78, 5) is 35.0. The summed E-state index contributed by atoms with van der Waals surface area (Å²) in [6.07, 6.45) is 0. The van der Waals surface area contributed by atoms with E-state index in [0.29, 0.717) is 5.56 Å². The maximum absolute atomic E-state index is 12.5. The van der Waals surface area contributed by atoms with Crippen LogP contribution in [0.3, 0.4) is 0 Å². The smallest absolute Gasteiger partial charge is 0.351 e. The standard InChI is InChI=1S/C18H13N3O7/c22-14-7-6-11(21(26)27)8-12(14)19-17(23)16-13(20-25)9-15(28-18(16)24)10-4-2-1-3-5-10/h1-9,20,22,25H,(H,19,23). The minimum absolute atomic E-state index is 0.108. The quantitative estimate of drug-likeness (QED) is 0.298. The molecule has 0 fully saturated rings. The molecule has 10 heteroatoms. The van der Waals surface area contributed by atoms with Crippen molar-refractivity contribution in [2.75, 3.05) is 10.8 Å². The van der Waals surface area contributed by atoms with Crippen molar-refractivity contribution in [2.24, 2.45) is 0 Å². The van der Waals surface area contributed by atoms with Gasteiger partial charge in [0, 0.05) is 23.8 Å². The zero-order valence-electron chi connectivity index (χ0n) is 14.1. The lowest BCUT2D eigenvalue weighted by Crippen LogP contribution is -2.23. The largest absolute Gasteiger partial charge is 0.506 e. The molecule has 1 amide bonds. The Morgan fingerprint density at radius 1 is 1.07 bits per heavy atom. The van der Waals surface area contributed by atoms with Gasteiger partial charge in [0.1, 0.15) is 11.5 Å². The first kappa shape index (κ1) is 18.6. The Labute approximate surface area is 156 Å². The summed E-state index contributed by atoms with van der Waals surface area (Å²) in [5.74, 6) is -1.37. The number of benzene rings is 2. The number of nitrogens with one attached hydrogen (secondary N) is 2. The molecule has 0 saturated carbocycles. The van der Waals surface area contributed by atoms with Crippen LogP contribution in [-0.4, -0.2) is 21.1 Å². The number of carbonyl (C=O) groups excluding carboxylic acids is 1. The fraction of sp³-hybridized carbons (Fsp3) is 0. The maximum atomic E-state index is 12.5. The summed E-state index contributed by atoms with van der Waals surface area (Å²) in [6.45, 7) is 0. The SMILES string of the molecule is O=C(Nc1cc([N+](=O)[O-])ccc1O)c1c(NO)cc(-c2ccccc2)oc1=O. The van der Waals surface area contributed by atoms with Crippen molar-refractivity contribution in [1.29, 1.82) is 0 Å². The highest BCUT2D eigenvalue weighted by molar-refractivity contribution is 6.08. The van der Waals surface area contributed by atoms with Gasteiger partial charge >= 0.3 is 5.63 Å². The first-order valence-corrected chi connectivity index (χ1v) is 7.83. The molecule has 3 aromatic rings. The van der Waals surface area contributed by atoms with Gasteiger partial charge in [-0.2, -0.15) is 0 Å². The van der Waals surface area contributed by atoms with Crippen LogP contribution in [0.1, 0.15) is 10.4 Å². The fourth-order valence-electron chi connectivity index (χ4n) is 2.46. The van der Waals surface area contributed by atoms with Gasteiger partial charge < -0.3 is 14.8 Å². The van der Waals surface area contributed by atoms with Gasteiger partial charge in [0.2, 0.25) is 0 Å². The van der Waals surface area contributed by atoms with E-state index in [1.54, 1.807) is 35.8 Å². The number of carbonyl (C=O) groups is 1. The number of phenolic OH excluding ortho intramolecular Hbond substituents is 1. The van der Waals surface area contributed by atoms with E-state index in [9.17, 15) is 30.0 Å². The molecule has 0 aliphatic carbocycles. The number of aromatic hydroxyl groups is 1. The van der Waals surface area contributed by atoms with Crippen LogP contribution in [-0.2, 0) is 0 Å². The molecule has 0 aliphatic heterocycles. The van der Waals surface area contributed by atoms with Crippen LogP contribution in [0, 0.1) is 10.1 Å². The van der Waals surface area contributed by atoms with E-state index in [4.69, 9.17) is 4.42 Å². The number of nitrogens with zero attached hydrogens (tertiary/aromatic N) is 1. The third kappa shape index (κ3) is 3.66. The third-order valence-electron chi connectivity index (χ3n) is 3.80. The molecule has 0 aliphatic rings. The molecule has 3 rings (SSSR count). The van der Waals surface area contributed by atoms with E-state index >= 15 is 0 Å². The van der Waals surface area contributed by atoms with Crippen LogP contribution in [0.4, 0.5) is 17.1 Å². The molecule has 0 unspecified atom stereocenters. The second-order valence-corrected chi connectivity index (χ2v) is 5.58. The molecule has 10 nitrogen and oxygen atoms in total. The molecule has 0 spiro atoms. The second-order valence-electron chi connectivity index (χ2n) is 5.58. The Balaban J connectivity index is 2.00. The van der Waals surface area contributed by atoms with Crippen molar-refractivity contribution >= 4 is 23.0 Å². The molecular weight excluding hydrogens is 370 g/mol. The van der Waals surface area contributed by atoms with Crippen LogP contribution in [0.5, 0.6) is 5.75 Å². The van der Waals surface area contributed by atoms with Gasteiger partial charge in [0.15, 0.2) is 5.56 Å². The Morgan fingerprint density at radius 3 is 2.43 bits per heavy atom. The number of hydrogen-bond acceptors (Lipinski definition) is 8. The monoisotopic (exact) mass is 383 g/mol. The summed E-state index contributed by atoms with van der Waals surface area (Å²) in [7, 11) is 0. The number of phenols is 1. The number of amides is 1. The number of anilines is 2. The number of rotatable bonds is 5. The third-order valence-corrected chi connectivity index (χ3v) is 3.80. The van der Waals surface area contributed by atoms with Crippen LogP contribution in [0.2, 0.25) is 0 Å². The second kappa shape index (κ2) is 7.60. The van der Waals surface area contributed by atoms with Gasteiger partial charge in [-0.15, -0.1) is 0 Å². The van der Waals surface area contributed by atoms with Gasteiger partial charge in [-0.25, -0.2) is 4.79 Å². The normalized spacial score (nSPS) is 10.3. The molecule has 1 aromatic heterocycles. The van der Waals surface area contributed by atoms with E-state index in [1.807, 2.05) is 0 Å². The molecule has 2 aromatic carbocycles. The summed E-state index contributed by atoms with van der Waals surface area (Å²) in [5, 5.41) is 32.2. The summed E-state index contributed by atoms with van der Waals surface area (Å²) in [6, 6.07) is 12.8. The number of non-ortho nitro benzene ring substituents is 1. The molecule has 1 heterocycles. The van der Waals surface area contributed by atoms with E-state index in [1.165, 1.54) is 6.07 Å². The fourth-order valence-corrected chi connectivity index (χ4v) is 2.46. The first-order chi connectivity index (χ1) is 13.4. The number of nitro benzene ring substituents is 1. The molecular formula is C18H13N3O7. The Bertz CT molecular complexity index is 1110. The topological polar surface area (TPSA) is 155 Å². The molecule has 28 heavy (non-hydrogen) atoms. The van der Waals surface area contributed by atoms with Crippen molar-refractivity contribution in [3.63, 3.8) is 0 Å². The van der Waals surface area contributed by atoms with Crippen molar-refractivity contribution in [1.82, 2.24) is 0 Å². The molecule has 142 valence electrons.